The number of aromatic nitrogens is 4. The second kappa shape index (κ2) is 9.97. The fourth-order valence-electron chi connectivity index (χ4n) is 3.79. The Kier molecular flexibility index (Phi) is 7.32. The van der Waals surface area contributed by atoms with Crippen molar-refractivity contribution in [1.29, 1.82) is 0 Å². The van der Waals surface area contributed by atoms with Crippen molar-refractivity contribution in [3.8, 4) is 22.9 Å². The highest BCUT2D eigenvalue weighted by Crippen LogP contribution is 2.30. The largest absolute Gasteiger partial charge is 0.493 e. The van der Waals surface area contributed by atoms with Crippen LogP contribution in [0.5, 0.6) is 11.5 Å². The van der Waals surface area contributed by atoms with E-state index in [1.54, 1.807) is 37.3 Å². The number of tetrazole rings is 1. The Bertz CT molecular complexity index is 946. The first-order chi connectivity index (χ1) is 15.2. The number of benzene rings is 1. The summed E-state index contributed by atoms with van der Waals surface area (Å²) in [6.45, 7) is 5.58. The summed E-state index contributed by atoms with van der Waals surface area (Å²) in [7, 11) is 3.11. The van der Waals surface area contributed by atoms with Crippen LogP contribution in [-0.4, -0.2) is 69.3 Å². The molecule has 1 fully saturated rings. The second-order valence-corrected chi connectivity index (χ2v) is 8.91. The minimum atomic E-state index is -0.531. The van der Waals surface area contributed by atoms with Gasteiger partial charge in [-0.2, -0.15) is 4.80 Å². The minimum Gasteiger partial charge on any atom is -0.493 e. The smallest absolute Gasteiger partial charge is 0.247 e. The Labute approximate surface area is 188 Å². The van der Waals surface area contributed by atoms with Gasteiger partial charge in [0, 0.05) is 17.1 Å². The standard InChI is InChI=1S/C22H32N6O4/c1-22(2,3)27(13-19(29)23-16-8-6-7-9-16)20(30)14-28-25-21(24-26-28)15-10-11-17(31-4)18(12-15)32-5/h10-12,16H,6-9,13-14H2,1-5H3,(H,23,29). The Hall–Kier alpha value is -3.17. The molecule has 2 aromatic rings. The molecule has 1 heterocycles. The number of carbonyl (C=O) groups is 2. The molecule has 1 aromatic carbocycles. The lowest BCUT2D eigenvalue weighted by Gasteiger charge is -2.35. The van der Waals surface area contributed by atoms with Crippen LogP contribution in [0.2, 0.25) is 0 Å². The zero-order valence-corrected chi connectivity index (χ0v) is 19.4. The summed E-state index contributed by atoms with van der Waals surface area (Å²) < 4.78 is 10.6. The zero-order valence-electron chi connectivity index (χ0n) is 19.4. The first-order valence-electron chi connectivity index (χ1n) is 10.8. The second-order valence-electron chi connectivity index (χ2n) is 8.91. The summed E-state index contributed by atoms with van der Waals surface area (Å²) in [5.41, 5.74) is 0.154. The lowest BCUT2D eigenvalue weighted by molar-refractivity contribution is -0.142. The molecule has 0 spiro atoms. The monoisotopic (exact) mass is 444 g/mol. The van der Waals surface area contributed by atoms with E-state index in [0.29, 0.717) is 22.9 Å². The summed E-state index contributed by atoms with van der Waals surface area (Å²) in [4.78, 5) is 28.4. The molecule has 0 radical (unpaired) electrons. The Morgan fingerprint density at radius 3 is 2.47 bits per heavy atom. The van der Waals surface area contributed by atoms with Gasteiger partial charge in [-0.15, -0.1) is 10.2 Å². The van der Waals surface area contributed by atoms with Crippen molar-refractivity contribution in [2.24, 2.45) is 0 Å². The third-order valence-corrected chi connectivity index (χ3v) is 5.50. The van der Waals surface area contributed by atoms with Crippen LogP contribution in [0.4, 0.5) is 0 Å². The van der Waals surface area contributed by atoms with Crippen molar-refractivity contribution in [2.75, 3.05) is 20.8 Å². The predicted molar refractivity (Wildman–Crippen MR) is 118 cm³/mol. The molecule has 32 heavy (non-hydrogen) atoms. The maximum Gasteiger partial charge on any atom is 0.247 e. The molecule has 1 aliphatic carbocycles. The number of hydrogen-bond donors (Lipinski definition) is 1. The van der Waals surface area contributed by atoms with E-state index >= 15 is 0 Å². The Balaban J connectivity index is 1.69. The van der Waals surface area contributed by atoms with Crippen LogP contribution in [0.15, 0.2) is 18.2 Å². The minimum absolute atomic E-state index is 0.00390. The van der Waals surface area contributed by atoms with Gasteiger partial charge in [-0.05, 0) is 57.0 Å². The molecule has 0 bridgehead atoms. The molecule has 10 heteroatoms. The average Bonchev–Trinajstić information content (AvgIpc) is 3.42. The van der Waals surface area contributed by atoms with Crippen molar-refractivity contribution >= 4 is 11.8 Å². The van der Waals surface area contributed by atoms with Crippen LogP contribution in [-0.2, 0) is 16.1 Å². The van der Waals surface area contributed by atoms with E-state index in [4.69, 9.17) is 9.47 Å². The number of ether oxygens (including phenoxy) is 2. The van der Waals surface area contributed by atoms with Gasteiger partial charge in [-0.3, -0.25) is 9.59 Å². The lowest BCUT2D eigenvalue weighted by atomic mass is 10.1. The summed E-state index contributed by atoms with van der Waals surface area (Å²) in [5, 5.41) is 15.4. The molecule has 1 saturated carbocycles. The Morgan fingerprint density at radius 2 is 1.84 bits per heavy atom. The quantitative estimate of drug-likeness (QED) is 0.663. The number of methoxy groups -OCH3 is 2. The summed E-state index contributed by atoms with van der Waals surface area (Å²) in [6, 6.07) is 5.50. The van der Waals surface area contributed by atoms with Crippen molar-refractivity contribution in [3.63, 3.8) is 0 Å². The molecule has 0 unspecified atom stereocenters. The van der Waals surface area contributed by atoms with Crippen LogP contribution in [0.1, 0.15) is 46.5 Å². The molecule has 0 atom stereocenters. The van der Waals surface area contributed by atoms with E-state index in [1.165, 1.54) is 4.80 Å². The highest BCUT2D eigenvalue weighted by molar-refractivity contribution is 5.85. The van der Waals surface area contributed by atoms with Crippen molar-refractivity contribution in [1.82, 2.24) is 30.4 Å². The highest BCUT2D eigenvalue weighted by atomic mass is 16.5. The summed E-state index contributed by atoms with van der Waals surface area (Å²) in [5.74, 6) is 1.10. The summed E-state index contributed by atoms with van der Waals surface area (Å²) in [6.07, 6.45) is 4.26. The molecule has 1 N–H and O–H groups in total. The predicted octanol–water partition coefficient (Wildman–Crippen LogP) is 2.04. The summed E-state index contributed by atoms with van der Waals surface area (Å²) >= 11 is 0. The first kappa shape index (κ1) is 23.5. The number of nitrogens with zero attached hydrogens (tertiary/aromatic N) is 5. The lowest BCUT2D eigenvalue weighted by Crippen LogP contribution is -2.52. The van der Waals surface area contributed by atoms with E-state index in [-0.39, 0.29) is 30.9 Å². The van der Waals surface area contributed by atoms with Crippen LogP contribution < -0.4 is 14.8 Å². The van der Waals surface area contributed by atoms with Gasteiger partial charge in [0.15, 0.2) is 11.5 Å². The average molecular weight is 445 g/mol. The van der Waals surface area contributed by atoms with E-state index in [9.17, 15) is 9.59 Å². The van der Waals surface area contributed by atoms with E-state index < -0.39 is 5.54 Å². The molecule has 10 nitrogen and oxygen atoms in total. The van der Waals surface area contributed by atoms with Gasteiger partial charge in [0.05, 0.1) is 14.2 Å². The van der Waals surface area contributed by atoms with Gasteiger partial charge in [0.25, 0.3) is 0 Å². The molecule has 1 aromatic heterocycles. The van der Waals surface area contributed by atoms with Gasteiger partial charge in [0.2, 0.25) is 17.6 Å². The van der Waals surface area contributed by atoms with Crippen molar-refractivity contribution < 1.29 is 19.1 Å². The van der Waals surface area contributed by atoms with Crippen LogP contribution in [0.3, 0.4) is 0 Å². The van der Waals surface area contributed by atoms with E-state index in [1.807, 2.05) is 20.8 Å². The van der Waals surface area contributed by atoms with Crippen molar-refractivity contribution in [3.05, 3.63) is 18.2 Å². The highest BCUT2D eigenvalue weighted by Gasteiger charge is 2.30. The van der Waals surface area contributed by atoms with Gasteiger partial charge in [-0.1, -0.05) is 12.8 Å². The Morgan fingerprint density at radius 1 is 1.16 bits per heavy atom. The van der Waals surface area contributed by atoms with Gasteiger partial charge >= 0.3 is 0 Å². The normalized spacial score (nSPS) is 14.3. The fourth-order valence-corrected chi connectivity index (χ4v) is 3.79. The zero-order chi connectivity index (χ0) is 23.3. The van der Waals surface area contributed by atoms with E-state index in [2.05, 4.69) is 20.7 Å². The number of nitrogens with one attached hydrogen (secondary N) is 1. The van der Waals surface area contributed by atoms with Gasteiger partial charge in [0.1, 0.15) is 13.1 Å². The molecule has 1 aliphatic rings. The SMILES string of the molecule is COc1ccc(-c2nnn(CC(=O)N(CC(=O)NC3CCCC3)C(C)(C)C)n2)cc1OC. The van der Waals surface area contributed by atoms with Gasteiger partial charge in [-0.25, -0.2) is 0 Å². The maximum atomic E-state index is 13.0. The molecule has 2 amide bonds. The van der Waals surface area contributed by atoms with E-state index in [0.717, 1.165) is 25.7 Å². The molecule has 174 valence electrons. The third-order valence-electron chi connectivity index (χ3n) is 5.50. The molecular formula is C22H32N6O4. The van der Waals surface area contributed by atoms with Crippen LogP contribution in [0.25, 0.3) is 11.4 Å². The van der Waals surface area contributed by atoms with Crippen molar-refractivity contribution in [2.45, 2.75) is 64.6 Å². The number of amides is 2. The van der Waals surface area contributed by atoms with Crippen LogP contribution in [0, 0.1) is 0 Å². The molecule has 0 aliphatic heterocycles. The molecule has 0 saturated heterocycles. The molecular weight excluding hydrogens is 412 g/mol. The first-order valence-corrected chi connectivity index (χ1v) is 10.8. The topological polar surface area (TPSA) is 111 Å². The fraction of sp³-hybridized carbons (Fsp3) is 0.591. The number of carbonyl (C=O) groups excluding carboxylic acids is 2. The number of hydrogen-bond acceptors (Lipinski definition) is 7. The van der Waals surface area contributed by atoms with Crippen LogP contribution >= 0.6 is 0 Å². The third kappa shape index (κ3) is 5.74. The maximum absolute atomic E-state index is 13.0. The van der Waals surface area contributed by atoms with Gasteiger partial charge < -0.3 is 19.7 Å². The molecule has 3 rings (SSSR count). The number of rotatable bonds is 8.